The van der Waals surface area contributed by atoms with E-state index in [4.69, 9.17) is 0 Å². The maximum atomic E-state index is 13.3. The zero-order valence-corrected chi connectivity index (χ0v) is 16.0. The Morgan fingerprint density at radius 3 is 2.55 bits per heavy atom. The summed E-state index contributed by atoms with van der Waals surface area (Å²) in [4.78, 5) is 17.9. The second-order valence-electron chi connectivity index (χ2n) is 6.77. The summed E-state index contributed by atoms with van der Waals surface area (Å²) in [5, 5.41) is 11.1. The molecule has 29 heavy (non-hydrogen) atoms. The first kappa shape index (κ1) is 20.6. The number of H-pyrrole nitrogens is 1. The standard InChI is InChI=1S/C19H21F3N6O/c1-28(2)11-3-9-24-18(29)25-13-6-4-12(5-7-13)14-8-10-23-17-15(14)16(26-27-17)19(20,21)22/h4-8,10H,3,9,11H2,1-2H3,(H,23,26,27)(H2,24,25,29). The summed E-state index contributed by atoms with van der Waals surface area (Å²) in [5.74, 6) is 0. The van der Waals surface area contributed by atoms with Gasteiger partial charge in [-0.2, -0.15) is 18.3 Å². The minimum Gasteiger partial charge on any atom is -0.338 e. The fraction of sp³-hybridized carbons (Fsp3) is 0.316. The van der Waals surface area contributed by atoms with E-state index in [1.54, 1.807) is 24.3 Å². The summed E-state index contributed by atoms with van der Waals surface area (Å²) in [5.41, 5.74) is 0.508. The first-order chi connectivity index (χ1) is 13.8. The highest BCUT2D eigenvalue weighted by atomic mass is 19.4. The molecule has 2 amide bonds. The Hall–Kier alpha value is -3.14. The van der Waals surface area contributed by atoms with Crippen molar-refractivity contribution in [1.29, 1.82) is 0 Å². The summed E-state index contributed by atoms with van der Waals surface area (Å²) in [7, 11) is 3.92. The van der Waals surface area contributed by atoms with Crippen molar-refractivity contribution >= 4 is 22.8 Å². The van der Waals surface area contributed by atoms with Gasteiger partial charge in [-0.3, -0.25) is 5.10 Å². The number of nitrogens with zero attached hydrogens (tertiary/aromatic N) is 3. The van der Waals surface area contributed by atoms with Crippen molar-refractivity contribution in [3.05, 3.63) is 42.2 Å². The number of pyridine rings is 1. The third-order valence-corrected chi connectivity index (χ3v) is 4.25. The fourth-order valence-corrected chi connectivity index (χ4v) is 2.90. The molecule has 10 heteroatoms. The molecular weight excluding hydrogens is 385 g/mol. The molecule has 7 nitrogen and oxygen atoms in total. The molecule has 0 fully saturated rings. The van der Waals surface area contributed by atoms with Gasteiger partial charge >= 0.3 is 12.2 Å². The molecule has 0 aliphatic heterocycles. The monoisotopic (exact) mass is 406 g/mol. The largest absolute Gasteiger partial charge is 0.435 e. The van der Waals surface area contributed by atoms with Gasteiger partial charge in [0.2, 0.25) is 0 Å². The Morgan fingerprint density at radius 2 is 1.90 bits per heavy atom. The molecule has 0 radical (unpaired) electrons. The number of aromatic nitrogens is 3. The summed E-state index contributed by atoms with van der Waals surface area (Å²) >= 11 is 0. The van der Waals surface area contributed by atoms with Gasteiger partial charge in [-0.1, -0.05) is 12.1 Å². The molecule has 154 valence electrons. The normalized spacial score (nSPS) is 11.8. The molecular formula is C19H21F3N6O. The van der Waals surface area contributed by atoms with Crippen LogP contribution in [0.15, 0.2) is 36.5 Å². The Balaban J connectivity index is 1.74. The molecule has 1 aromatic carbocycles. The number of hydrogen-bond acceptors (Lipinski definition) is 4. The van der Waals surface area contributed by atoms with E-state index in [1.165, 1.54) is 12.3 Å². The highest BCUT2D eigenvalue weighted by molar-refractivity contribution is 5.95. The first-order valence-electron chi connectivity index (χ1n) is 8.96. The number of nitrogens with one attached hydrogen (secondary N) is 3. The molecule has 0 saturated carbocycles. The summed E-state index contributed by atoms with van der Waals surface area (Å²) in [6, 6.07) is 7.72. The van der Waals surface area contributed by atoms with Crippen LogP contribution in [-0.2, 0) is 6.18 Å². The van der Waals surface area contributed by atoms with Crippen molar-refractivity contribution < 1.29 is 18.0 Å². The predicted molar refractivity (Wildman–Crippen MR) is 105 cm³/mol. The molecule has 2 aromatic heterocycles. The number of halogens is 3. The second-order valence-corrected chi connectivity index (χ2v) is 6.77. The number of hydrogen-bond donors (Lipinski definition) is 3. The number of carbonyl (C=O) groups is 1. The number of alkyl halides is 3. The highest BCUT2D eigenvalue weighted by Crippen LogP contribution is 2.37. The number of amides is 2. The van der Waals surface area contributed by atoms with Crippen LogP contribution in [-0.4, -0.2) is 53.3 Å². The van der Waals surface area contributed by atoms with Crippen molar-refractivity contribution in [2.75, 3.05) is 32.5 Å². The van der Waals surface area contributed by atoms with Crippen molar-refractivity contribution in [1.82, 2.24) is 25.4 Å². The summed E-state index contributed by atoms with van der Waals surface area (Å²) in [6.45, 7) is 1.40. The predicted octanol–water partition coefficient (Wildman–Crippen LogP) is 3.72. The van der Waals surface area contributed by atoms with Gasteiger partial charge in [-0.25, -0.2) is 9.78 Å². The van der Waals surface area contributed by atoms with Crippen LogP contribution in [0, 0.1) is 0 Å². The lowest BCUT2D eigenvalue weighted by Crippen LogP contribution is -2.31. The number of benzene rings is 1. The Morgan fingerprint density at radius 1 is 1.17 bits per heavy atom. The maximum absolute atomic E-state index is 13.3. The smallest absolute Gasteiger partial charge is 0.338 e. The zero-order valence-electron chi connectivity index (χ0n) is 16.0. The van der Waals surface area contributed by atoms with Gasteiger partial charge in [-0.05, 0) is 56.4 Å². The van der Waals surface area contributed by atoms with Gasteiger partial charge in [0.25, 0.3) is 0 Å². The van der Waals surface area contributed by atoms with Crippen molar-refractivity contribution in [3.8, 4) is 11.1 Å². The lowest BCUT2D eigenvalue weighted by atomic mass is 10.0. The first-order valence-corrected chi connectivity index (χ1v) is 8.96. The van der Waals surface area contributed by atoms with Gasteiger partial charge in [0.05, 0.1) is 5.39 Å². The van der Waals surface area contributed by atoms with Gasteiger partial charge in [0, 0.05) is 18.4 Å². The van der Waals surface area contributed by atoms with E-state index in [9.17, 15) is 18.0 Å². The van der Waals surface area contributed by atoms with Crippen LogP contribution in [0.2, 0.25) is 0 Å². The van der Waals surface area contributed by atoms with E-state index in [0.29, 0.717) is 23.4 Å². The molecule has 0 saturated heterocycles. The molecule has 3 rings (SSSR count). The van der Waals surface area contributed by atoms with Gasteiger partial charge in [-0.15, -0.1) is 0 Å². The van der Waals surface area contributed by atoms with E-state index in [1.807, 2.05) is 19.0 Å². The van der Waals surface area contributed by atoms with Crippen molar-refractivity contribution in [2.24, 2.45) is 0 Å². The van der Waals surface area contributed by atoms with E-state index in [0.717, 1.165) is 13.0 Å². The van der Waals surface area contributed by atoms with E-state index >= 15 is 0 Å². The highest BCUT2D eigenvalue weighted by Gasteiger charge is 2.37. The van der Waals surface area contributed by atoms with Crippen LogP contribution in [0.3, 0.4) is 0 Å². The van der Waals surface area contributed by atoms with Gasteiger partial charge in [0.15, 0.2) is 11.3 Å². The average molecular weight is 406 g/mol. The fourth-order valence-electron chi connectivity index (χ4n) is 2.90. The number of carbonyl (C=O) groups excluding carboxylic acids is 1. The quantitative estimate of drug-likeness (QED) is 0.545. The molecule has 3 aromatic rings. The minimum atomic E-state index is -4.60. The number of anilines is 1. The minimum absolute atomic E-state index is 0.0640. The van der Waals surface area contributed by atoms with Crippen molar-refractivity contribution in [2.45, 2.75) is 12.6 Å². The van der Waals surface area contributed by atoms with Crippen LogP contribution in [0.5, 0.6) is 0 Å². The third-order valence-electron chi connectivity index (χ3n) is 4.25. The van der Waals surface area contributed by atoms with E-state index in [-0.39, 0.29) is 17.1 Å². The molecule has 0 atom stereocenters. The van der Waals surface area contributed by atoms with Crippen LogP contribution >= 0.6 is 0 Å². The van der Waals surface area contributed by atoms with Crippen LogP contribution in [0.25, 0.3) is 22.2 Å². The van der Waals surface area contributed by atoms with E-state index < -0.39 is 11.9 Å². The topological polar surface area (TPSA) is 85.9 Å². The average Bonchev–Trinajstić information content (AvgIpc) is 3.10. The number of rotatable bonds is 6. The van der Waals surface area contributed by atoms with Crippen LogP contribution in [0.1, 0.15) is 12.1 Å². The maximum Gasteiger partial charge on any atom is 0.435 e. The molecule has 0 bridgehead atoms. The summed E-state index contributed by atoms with van der Waals surface area (Å²) in [6.07, 6.45) is -2.35. The lowest BCUT2D eigenvalue weighted by Gasteiger charge is -2.11. The van der Waals surface area contributed by atoms with E-state index in [2.05, 4.69) is 25.8 Å². The number of aromatic amines is 1. The molecule has 0 unspecified atom stereocenters. The molecule has 0 aliphatic rings. The van der Waals surface area contributed by atoms with Gasteiger partial charge in [0.1, 0.15) is 0 Å². The lowest BCUT2D eigenvalue weighted by molar-refractivity contribution is -0.139. The molecule has 3 N–H and O–H groups in total. The van der Waals surface area contributed by atoms with Crippen LogP contribution in [0.4, 0.5) is 23.7 Å². The Bertz CT molecular complexity index is 982. The number of fused-ring (bicyclic) bond motifs is 1. The zero-order chi connectivity index (χ0) is 21.0. The Labute approximate surface area is 165 Å². The Kier molecular flexibility index (Phi) is 6.02. The van der Waals surface area contributed by atoms with Gasteiger partial charge < -0.3 is 15.5 Å². The second kappa shape index (κ2) is 8.48. The SMILES string of the molecule is CN(C)CCCNC(=O)Nc1ccc(-c2ccnc3[nH]nc(C(F)(F)F)c23)cc1. The van der Waals surface area contributed by atoms with Crippen LogP contribution < -0.4 is 10.6 Å². The van der Waals surface area contributed by atoms with Crippen molar-refractivity contribution in [3.63, 3.8) is 0 Å². The third kappa shape index (κ3) is 5.02. The number of urea groups is 1. The molecule has 2 heterocycles. The summed E-state index contributed by atoms with van der Waals surface area (Å²) < 4.78 is 39.8. The molecule has 0 aliphatic carbocycles. The molecule has 0 spiro atoms.